The van der Waals surface area contributed by atoms with Crippen molar-refractivity contribution in [2.24, 2.45) is 0 Å². The molecule has 4 rings (SSSR count). The van der Waals surface area contributed by atoms with Crippen molar-refractivity contribution < 1.29 is 19.2 Å². The van der Waals surface area contributed by atoms with Crippen LogP contribution in [0.4, 0.5) is 5.69 Å². The molecule has 0 amide bonds. The average molecular weight is 511 g/mol. The number of hydrogen-bond donors (Lipinski definition) is 1. The van der Waals surface area contributed by atoms with Gasteiger partial charge in [0.05, 0.1) is 21.5 Å². The second-order valence-electron chi connectivity index (χ2n) is 7.51. The number of ether oxygens (including phenoxy) is 2. The highest BCUT2D eigenvalue weighted by molar-refractivity contribution is 8.19. The Bertz CT molecular complexity index is 1300. The van der Waals surface area contributed by atoms with Crippen LogP contribution in [-0.4, -0.2) is 32.6 Å². The molecule has 1 aliphatic rings. The Kier molecular flexibility index (Phi) is 7.57. The topological polar surface area (TPSA) is 128 Å². The van der Waals surface area contributed by atoms with Crippen LogP contribution in [-0.2, 0) is 17.8 Å². The third-order valence-electron chi connectivity index (χ3n) is 5.13. The number of carbonyl (C=O) groups excluding carboxylic acids is 1. The van der Waals surface area contributed by atoms with Crippen molar-refractivity contribution in [2.75, 3.05) is 6.61 Å². The molecule has 3 aromatic rings. The number of carbonyl (C=O) groups is 1. The van der Waals surface area contributed by atoms with E-state index < -0.39 is 10.8 Å². The minimum atomic E-state index is -0.695. The van der Waals surface area contributed by atoms with Crippen LogP contribution in [0, 0.1) is 15.5 Å². The molecular weight excluding hydrogens is 488 g/mol. The van der Waals surface area contributed by atoms with Crippen LogP contribution in [0.2, 0.25) is 0 Å². The fraction of sp³-hybridized carbons (Fsp3) is 0.250. The Morgan fingerprint density at radius 3 is 2.54 bits per heavy atom. The summed E-state index contributed by atoms with van der Waals surface area (Å²) in [7, 11) is 0. The molecule has 0 aliphatic carbocycles. The first-order chi connectivity index (χ1) is 16.9. The lowest BCUT2D eigenvalue weighted by molar-refractivity contribution is -0.384. The summed E-state index contributed by atoms with van der Waals surface area (Å²) in [6.07, 6.45) is 2.48. The molecule has 1 fully saturated rings. The number of rotatable bonds is 9. The number of nitro benzene ring substituents is 1. The minimum Gasteiger partial charge on any atom is -0.490 e. The normalized spacial score (nSPS) is 16.6. The van der Waals surface area contributed by atoms with Crippen LogP contribution in [0.25, 0.3) is 6.08 Å². The van der Waals surface area contributed by atoms with Crippen LogP contribution < -0.4 is 9.47 Å². The molecule has 35 heavy (non-hydrogen) atoms. The number of nitrogens with one attached hydrogen (secondary N) is 1. The van der Waals surface area contributed by atoms with E-state index in [0.717, 1.165) is 34.3 Å². The molecule has 2 heterocycles. The van der Waals surface area contributed by atoms with Gasteiger partial charge in [0.15, 0.2) is 17.3 Å². The molecule has 1 aliphatic heterocycles. The molecule has 0 spiro atoms. The van der Waals surface area contributed by atoms with E-state index in [2.05, 4.69) is 10.2 Å². The summed E-state index contributed by atoms with van der Waals surface area (Å²) < 4.78 is 11.6. The van der Waals surface area contributed by atoms with Gasteiger partial charge in [0.25, 0.3) is 5.69 Å². The molecule has 1 atom stereocenters. The van der Waals surface area contributed by atoms with Crippen molar-refractivity contribution in [3.63, 3.8) is 0 Å². The van der Waals surface area contributed by atoms with Crippen molar-refractivity contribution in [1.82, 2.24) is 10.2 Å². The van der Waals surface area contributed by atoms with Gasteiger partial charge in [-0.1, -0.05) is 24.8 Å². The number of non-ortho nitro benzene ring substituents is 1. The predicted molar refractivity (Wildman–Crippen MR) is 135 cm³/mol. The van der Waals surface area contributed by atoms with E-state index in [4.69, 9.17) is 14.9 Å². The van der Waals surface area contributed by atoms with Gasteiger partial charge in [-0.2, -0.15) is 0 Å². The molecule has 0 saturated carbocycles. The molecule has 11 heteroatoms. The van der Waals surface area contributed by atoms with E-state index in [1.54, 1.807) is 30.3 Å². The zero-order chi connectivity index (χ0) is 24.9. The summed E-state index contributed by atoms with van der Waals surface area (Å²) in [6.45, 7) is 4.47. The fourth-order valence-corrected chi connectivity index (χ4v) is 5.32. The maximum absolute atomic E-state index is 13.0. The summed E-state index contributed by atoms with van der Waals surface area (Å²) >= 11 is 2.50. The van der Waals surface area contributed by atoms with E-state index in [0.29, 0.717) is 28.0 Å². The first-order valence-electron chi connectivity index (χ1n) is 10.9. The maximum atomic E-state index is 13.0. The lowest BCUT2D eigenvalue weighted by atomic mass is 10.1. The van der Waals surface area contributed by atoms with Gasteiger partial charge in [0.1, 0.15) is 22.5 Å². The number of Topliss-reactive ketones (excluding diaryl/α,β-unsaturated/α-hetero) is 1. The average Bonchev–Trinajstić information content (AvgIpc) is 3.42. The first-order valence-corrected chi connectivity index (χ1v) is 12.5. The van der Waals surface area contributed by atoms with Gasteiger partial charge in [-0.15, -0.1) is 21.5 Å². The molecule has 1 N–H and O–H groups in total. The standard InChI is InChI=1S/C24H22N4O5S2/c1-3-20-26-27-24(35-20)21-22(29)19(34-23(21)25)12-15-7-10-17(18(11-15)32-4-2)33-13-14-5-8-16(9-6-14)28(30)31/h5-12,21,25H,3-4,13H2,1-2H3/b19-12-,25-23?/t21-/m0/s1. The van der Waals surface area contributed by atoms with Crippen LogP contribution in [0.5, 0.6) is 11.5 Å². The Labute approximate surface area is 209 Å². The summed E-state index contributed by atoms with van der Waals surface area (Å²) in [6, 6.07) is 11.5. The smallest absolute Gasteiger partial charge is 0.269 e. The molecule has 2 aromatic carbocycles. The Morgan fingerprint density at radius 1 is 1.11 bits per heavy atom. The summed E-state index contributed by atoms with van der Waals surface area (Å²) in [5.74, 6) is 0.182. The number of aromatic nitrogens is 2. The predicted octanol–water partition coefficient (Wildman–Crippen LogP) is 5.40. The molecule has 9 nitrogen and oxygen atoms in total. The Balaban J connectivity index is 1.51. The third kappa shape index (κ3) is 5.57. The van der Waals surface area contributed by atoms with Gasteiger partial charge >= 0.3 is 0 Å². The number of ketones is 1. The SMILES string of the molecule is CCOc1cc(/C=C2\SC(=N)[C@@H](c3nnc(CC)s3)C2=O)ccc1OCc1ccc([N+](=O)[O-])cc1. The monoisotopic (exact) mass is 510 g/mol. The zero-order valence-electron chi connectivity index (χ0n) is 19.0. The number of allylic oxidation sites excluding steroid dienone is 1. The van der Waals surface area contributed by atoms with E-state index in [9.17, 15) is 14.9 Å². The van der Waals surface area contributed by atoms with Gasteiger partial charge in [-0.25, -0.2) is 0 Å². The summed E-state index contributed by atoms with van der Waals surface area (Å²) in [5.41, 5.74) is 1.55. The third-order valence-corrected chi connectivity index (χ3v) is 7.25. The Morgan fingerprint density at radius 2 is 1.89 bits per heavy atom. The highest BCUT2D eigenvalue weighted by Crippen LogP contribution is 2.42. The quantitative estimate of drug-likeness (QED) is 0.230. The lowest BCUT2D eigenvalue weighted by Crippen LogP contribution is -2.11. The van der Waals surface area contributed by atoms with Gasteiger partial charge < -0.3 is 9.47 Å². The molecule has 1 saturated heterocycles. The number of aryl methyl sites for hydroxylation is 1. The zero-order valence-corrected chi connectivity index (χ0v) is 20.6. The van der Waals surface area contributed by atoms with Gasteiger partial charge in [-0.3, -0.25) is 20.3 Å². The highest BCUT2D eigenvalue weighted by atomic mass is 32.2. The molecular formula is C24H22N4O5S2. The van der Waals surface area contributed by atoms with Crippen LogP contribution in [0.3, 0.4) is 0 Å². The number of nitrogens with zero attached hydrogens (tertiary/aromatic N) is 3. The maximum Gasteiger partial charge on any atom is 0.269 e. The van der Waals surface area contributed by atoms with Crippen molar-refractivity contribution >= 4 is 45.7 Å². The van der Waals surface area contributed by atoms with E-state index in [1.165, 1.54) is 23.5 Å². The molecule has 0 bridgehead atoms. The second-order valence-corrected chi connectivity index (χ2v) is 9.69. The minimum absolute atomic E-state index is 0.0210. The molecule has 0 unspecified atom stereocenters. The van der Waals surface area contributed by atoms with Crippen LogP contribution in [0.1, 0.15) is 40.9 Å². The van der Waals surface area contributed by atoms with E-state index >= 15 is 0 Å². The van der Waals surface area contributed by atoms with Crippen molar-refractivity contribution in [3.05, 3.63) is 78.6 Å². The molecule has 1 aromatic heterocycles. The van der Waals surface area contributed by atoms with Crippen molar-refractivity contribution in [2.45, 2.75) is 32.8 Å². The Hall–Kier alpha value is -3.57. The van der Waals surface area contributed by atoms with Gasteiger partial charge in [0, 0.05) is 12.1 Å². The molecule has 180 valence electrons. The number of benzene rings is 2. The summed E-state index contributed by atoms with van der Waals surface area (Å²) in [5, 5.41) is 29.0. The van der Waals surface area contributed by atoms with Crippen LogP contribution in [0.15, 0.2) is 47.4 Å². The lowest BCUT2D eigenvalue weighted by Gasteiger charge is -2.13. The largest absolute Gasteiger partial charge is 0.490 e. The van der Waals surface area contributed by atoms with Gasteiger partial charge in [-0.05, 0) is 54.8 Å². The van der Waals surface area contributed by atoms with Crippen molar-refractivity contribution in [3.8, 4) is 11.5 Å². The number of hydrogen-bond acceptors (Lipinski definition) is 10. The summed E-state index contributed by atoms with van der Waals surface area (Å²) in [4.78, 5) is 23.9. The van der Waals surface area contributed by atoms with Crippen LogP contribution >= 0.6 is 23.1 Å². The highest BCUT2D eigenvalue weighted by Gasteiger charge is 2.39. The molecule has 0 radical (unpaired) electrons. The van der Waals surface area contributed by atoms with E-state index in [1.807, 2.05) is 19.9 Å². The number of nitro groups is 1. The first kappa shape index (κ1) is 24.6. The van der Waals surface area contributed by atoms with Crippen molar-refractivity contribution in [1.29, 1.82) is 5.41 Å². The van der Waals surface area contributed by atoms with Gasteiger partial charge in [0.2, 0.25) is 0 Å². The second kappa shape index (κ2) is 10.8. The number of thioether (sulfide) groups is 1. The fourth-order valence-electron chi connectivity index (χ4n) is 3.37. The van der Waals surface area contributed by atoms with E-state index in [-0.39, 0.29) is 23.1 Å².